The van der Waals surface area contributed by atoms with Crippen LogP contribution in [0.5, 0.6) is 0 Å². The Hall–Kier alpha value is -1.37. The van der Waals surface area contributed by atoms with E-state index in [2.05, 4.69) is 21.0 Å². The quantitative estimate of drug-likeness (QED) is 0.768. The molecular weight excluding hydrogens is 316 g/mol. The Morgan fingerprint density at radius 3 is 2.50 bits per heavy atom. The highest BCUT2D eigenvalue weighted by molar-refractivity contribution is 9.10. The van der Waals surface area contributed by atoms with Crippen LogP contribution in [-0.4, -0.2) is 9.78 Å². The van der Waals surface area contributed by atoms with Crippen molar-refractivity contribution in [3.63, 3.8) is 0 Å². The molecule has 0 aliphatic heterocycles. The van der Waals surface area contributed by atoms with Crippen LogP contribution in [0.4, 0.5) is 17.6 Å². The first kappa shape index (κ1) is 13.1. The van der Waals surface area contributed by atoms with Crippen molar-refractivity contribution in [2.24, 2.45) is 0 Å². The maximum absolute atomic E-state index is 13.5. The van der Waals surface area contributed by atoms with Gasteiger partial charge in [0, 0.05) is 16.2 Å². The summed E-state index contributed by atoms with van der Waals surface area (Å²) in [6.45, 7) is -0.0464. The Morgan fingerprint density at radius 2 is 1.94 bits per heavy atom. The molecule has 0 unspecified atom stereocenters. The minimum atomic E-state index is -4.48. The zero-order chi connectivity index (χ0) is 13.3. The summed E-state index contributed by atoms with van der Waals surface area (Å²) in [5, 5.41) is 3.35. The number of alkyl halides is 3. The Labute approximate surface area is 108 Å². The number of nitrogens with zero attached hydrogens (tertiary/aromatic N) is 2. The molecule has 7 heteroatoms. The zero-order valence-corrected chi connectivity index (χ0v) is 10.5. The van der Waals surface area contributed by atoms with Crippen molar-refractivity contribution in [1.29, 1.82) is 0 Å². The second-order valence-electron chi connectivity index (χ2n) is 3.63. The van der Waals surface area contributed by atoms with Crippen LogP contribution in [0.3, 0.4) is 0 Å². The van der Waals surface area contributed by atoms with E-state index in [1.165, 1.54) is 18.3 Å². The Kier molecular flexibility index (Phi) is 3.43. The second kappa shape index (κ2) is 4.72. The molecule has 0 spiro atoms. The average molecular weight is 323 g/mol. The van der Waals surface area contributed by atoms with Crippen LogP contribution in [0.15, 0.2) is 34.9 Å². The third-order valence-corrected chi connectivity index (χ3v) is 2.77. The molecule has 0 atom stereocenters. The van der Waals surface area contributed by atoms with Crippen molar-refractivity contribution < 1.29 is 17.6 Å². The first-order valence-electron chi connectivity index (χ1n) is 4.91. The summed E-state index contributed by atoms with van der Waals surface area (Å²) < 4.78 is 52.1. The van der Waals surface area contributed by atoms with Gasteiger partial charge in [0.05, 0.1) is 6.54 Å². The monoisotopic (exact) mass is 322 g/mol. The smallest absolute Gasteiger partial charge is 0.268 e. The van der Waals surface area contributed by atoms with Crippen molar-refractivity contribution in [1.82, 2.24) is 9.78 Å². The summed E-state index contributed by atoms with van der Waals surface area (Å²) >= 11 is 3.10. The largest absolute Gasteiger partial charge is 0.435 e. The van der Waals surface area contributed by atoms with Gasteiger partial charge in [0.1, 0.15) is 5.82 Å². The average Bonchev–Trinajstić information content (AvgIpc) is 2.70. The fraction of sp³-hybridized carbons (Fsp3) is 0.182. The maximum atomic E-state index is 13.5. The Balaban J connectivity index is 2.21. The zero-order valence-electron chi connectivity index (χ0n) is 8.88. The second-order valence-corrected chi connectivity index (χ2v) is 4.55. The lowest BCUT2D eigenvalue weighted by atomic mass is 10.2. The topological polar surface area (TPSA) is 17.8 Å². The van der Waals surface area contributed by atoms with E-state index in [0.717, 1.165) is 10.7 Å². The van der Waals surface area contributed by atoms with Crippen molar-refractivity contribution in [3.8, 4) is 0 Å². The van der Waals surface area contributed by atoms with E-state index in [-0.39, 0.29) is 12.1 Å². The summed E-state index contributed by atoms with van der Waals surface area (Å²) in [4.78, 5) is 0. The molecule has 0 aliphatic carbocycles. The summed E-state index contributed by atoms with van der Waals surface area (Å²) in [5.74, 6) is -0.492. The van der Waals surface area contributed by atoms with Crippen molar-refractivity contribution >= 4 is 15.9 Å². The van der Waals surface area contributed by atoms with E-state index < -0.39 is 17.7 Å². The van der Waals surface area contributed by atoms with Gasteiger partial charge in [-0.2, -0.15) is 18.3 Å². The molecule has 0 aliphatic rings. The molecule has 2 rings (SSSR count). The van der Waals surface area contributed by atoms with E-state index in [1.54, 1.807) is 6.07 Å². The molecule has 0 bridgehead atoms. The number of aromatic nitrogens is 2. The highest BCUT2D eigenvalue weighted by Crippen LogP contribution is 2.27. The predicted molar refractivity (Wildman–Crippen MR) is 60.4 cm³/mol. The van der Waals surface area contributed by atoms with Gasteiger partial charge in [-0.3, -0.25) is 4.68 Å². The van der Waals surface area contributed by atoms with Crippen LogP contribution in [0.1, 0.15) is 11.3 Å². The number of benzene rings is 1. The van der Waals surface area contributed by atoms with Crippen LogP contribution < -0.4 is 0 Å². The first-order chi connectivity index (χ1) is 8.36. The van der Waals surface area contributed by atoms with Crippen molar-refractivity contribution in [2.75, 3.05) is 0 Å². The number of rotatable bonds is 2. The minimum Gasteiger partial charge on any atom is -0.268 e. The van der Waals surface area contributed by atoms with Gasteiger partial charge in [-0.25, -0.2) is 4.39 Å². The predicted octanol–water partition coefficient (Wildman–Crippen LogP) is 3.85. The van der Waals surface area contributed by atoms with E-state index in [4.69, 9.17) is 0 Å². The molecule has 0 N–H and O–H groups in total. The molecule has 1 aromatic heterocycles. The Morgan fingerprint density at radius 1 is 1.22 bits per heavy atom. The third-order valence-electron chi connectivity index (χ3n) is 2.28. The van der Waals surface area contributed by atoms with Gasteiger partial charge in [0.2, 0.25) is 0 Å². The molecule has 0 radical (unpaired) electrons. The maximum Gasteiger partial charge on any atom is 0.435 e. The van der Waals surface area contributed by atoms with Gasteiger partial charge < -0.3 is 0 Å². The van der Waals surface area contributed by atoms with Crippen molar-refractivity contribution in [3.05, 3.63) is 52.0 Å². The van der Waals surface area contributed by atoms with Gasteiger partial charge in [-0.1, -0.05) is 22.0 Å². The highest BCUT2D eigenvalue weighted by Gasteiger charge is 2.33. The van der Waals surface area contributed by atoms with Gasteiger partial charge in [0.15, 0.2) is 5.69 Å². The lowest BCUT2D eigenvalue weighted by molar-refractivity contribution is -0.141. The van der Waals surface area contributed by atoms with Crippen LogP contribution in [-0.2, 0) is 12.7 Å². The van der Waals surface area contributed by atoms with E-state index >= 15 is 0 Å². The van der Waals surface area contributed by atoms with Crippen LogP contribution in [0.25, 0.3) is 0 Å². The third kappa shape index (κ3) is 2.90. The molecule has 0 amide bonds. The van der Waals surface area contributed by atoms with Crippen molar-refractivity contribution in [2.45, 2.75) is 12.7 Å². The number of hydrogen-bond donors (Lipinski definition) is 0. The van der Waals surface area contributed by atoms with E-state index in [0.29, 0.717) is 4.47 Å². The highest BCUT2D eigenvalue weighted by atomic mass is 79.9. The van der Waals surface area contributed by atoms with Crippen LogP contribution in [0, 0.1) is 5.82 Å². The number of halogens is 5. The molecule has 1 heterocycles. The molecule has 18 heavy (non-hydrogen) atoms. The molecule has 96 valence electrons. The molecule has 1 aromatic carbocycles. The lowest BCUT2D eigenvalue weighted by Gasteiger charge is -2.05. The summed E-state index contributed by atoms with van der Waals surface area (Å²) in [5.41, 5.74) is -0.713. The standard InChI is InChI=1S/C11H7BrF4N2/c12-8-2-1-7(9(13)5-8)6-18-4-3-10(17-18)11(14,15)16/h1-5H,6H2. The summed E-state index contributed by atoms with van der Waals surface area (Å²) in [6.07, 6.45) is -3.31. The Bertz CT molecular complexity index is 562. The minimum absolute atomic E-state index is 0.0464. The normalized spacial score (nSPS) is 11.8. The molecule has 0 saturated heterocycles. The molecule has 2 aromatic rings. The molecule has 2 nitrogen and oxygen atoms in total. The van der Waals surface area contributed by atoms with Crippen LogP contribution in [0.2, 0.25) is 0 Å². The first-order valence-corrected chi connectivity index (χ1v) is 5.70. The van der Waals surface area contributed by atoms with Crippen LogP contribution >= 0.6 is 15.9 Å². The molecular formula is C11H7BrF4N2. The van der Waals surface area contributed by atoms with Gasteiger partial charge >= 0.3 is 6.18 Å². The fourth-order valence-corrected chi connectivity index (χ4v) is 1.76. The number of hydrogen-bond acceptors (Lipinski definition) is 1. The molecule has 0 fully saturated rings. The fourth-order valence-electron chi connectivity index (χ4n) is 1.43. The van der Waals surface area contributed by atoms with E-state index in [1.807, 2.05) is 0 Å². The van der Waals surface area contributed by atoms with Gasteiger partial charge in [0.25, 0.3) is 0 Å². The SMILES string of the molecule is Fc1cc(Br)ccc1Cn1ccc(C(F)(F)F)n1. The molecule has 0 saturated carbocycles. The summed E-state index contributed by atoms with van der Waals surface area (Å²) in [6, 6.07) is 5.22. The summed E-state index contributed by atoms with van der Waals surface area (Å²) in [7, 11) is 0. The lowest BCUT2D eigenvalue weighted by Crippen LogP contribution is -2.09. The van der Waals surface area contributed by atoms with Gasteiger partial charge in [-0.15, -0.1) is 0 Å². The van der Waals surface area contributed by atoms with Gasteiger partial charge in [-0.05, 0) is 18.2 Å². The van der Waals surface area contributed by atoms with E-state index in [9.17, 15) is 17.6 Å².